The number of hydrogen-bond acceptors (Lipinski definition) is 3. The summed E-state index contributed by atoms with van der Waals surface area (Å²) >= 11 is 0. The molecule has 0 bridgehead atoms. The third kappa shape index (κ3) is 1.70. The zero-order valence-corrected chi connectivity index (χ0v) is 8.51. The molecule has 16 heavy (non-hydrogen) atoms. The number of imidazole rings is 1. The number of nitrogens with one attached hydrogen (secondary N) is 1. The van der Waals surface area contributed by atoms with Crippen molar-refractivity contribution in [1.29, 1.82) is 0 Å². The second-order valence-electron chi connectivity index (χ2n) is 3.57. The molecule has 0 saturated carbocycles. The Morgan fingerprint density at radius 3 is 2.81 bits per heavy atom. The van der Waals surface area contributed by atoms with Crippen LogP contribution in [0.4, 0.5) is 0 Å². The molecular weight excluding hydrogens is 208 g/mol. The number of amides is 1. The number of nitrogens with two attached hydrogens (primary N) is 2. The van der Waals surface area contributed by atoms with E-state index in [9.17, 15) is 9.59 Å². The lowest BCUT2D eigenvalue weighted by molar-refractivity contribution is -0.119. The average molecular weight is 220 g/mol. The minimum absolute atomic E-state index is 0.0815. The Hall–Kier alpha value is -2.08. The van der Waals surface area contributed by atoms with Crippen LogP contribution < -0.4 is 17.2 Å². The Balaban J connectivity index is 2.48. The molecule has 0 saturated heterocycles. The lowest BCUT2D eigenvalue weighted by Crippen LogP contribution is -2.41. The lowest BCUT2D eigenvalue weighted by atomic mass is 10.2. The van der Waals surface area contributed by atoms with Gasteiger partial charge in [0.15, 0.2) is 0 Å². The first kappa shape index (κ1) is 10.4. The molecule has 2 aromatic rings. The van der Waals surface area contributed by atoms with Gasteiger partial charge < -0.3 is 16.5 Å². The number of para-hydroxylation sites is 2. The van der Waals surface area contributed by atoms with E-state index >= 15 is 0 Å². The molecule has 0 spiro atoms. The molecule has 1 amide bonds. The largest absolute Gasteiger partial charge is 0.368 e. The van der Waals surface area contributed by atoms with Crippen LogP contribution in [0.3, 0.4) is 0 Å². The molecule has 0 radical (unpaired) electrons. The molecule has 0 aliphatic carbocycles. The maximum atomic E-state index is 11.6. The smallest absolute Gasteiger partial charge is 0.326 e. The van der Waals surface area contributed by atoms with Gasteiger partial charge in [0.1, 0.15) is 6.04 Å². The Bertz CT molecular complexity index is 584. The van der Waals surface area contributed by atoms with Gasteiger partial charge in [0.05, 0.1) is 17.6 Å². The van der Waals surface area contributed by atoms with Crippen molar-refractivity contribution in [2.45, 2.75) is 12.6 Å². The van der Waals surface area contributed by atoms with Crippen LogP contribution in [0.25, 0.3) is 11.0 Å². The lowest BCUT2D eigenvalue weighted by Gasteiger charge is -2.07. The highest BCUT2D eigenvalue weighted by Crippen LogP contribution is 2.08. The summed E-state index contributed by atoms with van der Waals surface area (Å²) < 4.78 is 1.41. The summed E-state index contributed by atoms with van der Waals surface area (Å²) in [5.74, 6) is -0.628. The average Bonchev–Trinajstić information content (AvgIpc) is 2.55. The number of nitrogens with zero attached hydrogens (tertiary/aromatic N) is 1. The van der Waals surface area contributed by atoms with Crippen molar-refractivity contribution in [1.82, 2.24) is 9.55 Å². The maximum Gasteiger partial charge on any atom is 0.326 e. The second-order valence-corrected chi connectivity index (χ2v) is 3.57. The highest BCUT2D eigenvalue weighted by atomic mass is 16.2. The first-order chi connectivity index (χ1) is 7.59. The molecule has 0 aliphatic rings. The molecule has 1 aromatic carbocycles. The van der Waals surface area contributed by atoms with Gasteiger partial charge in [-0.15, -0.1) is 0 Å². The third-order valence-corrected chi connectivity index (χ3v) is 2.43. The fourth-order valence-corrected chi connectivity index (χ4v) is 1.57. The topological polar surface area (TPSA) is 107 Å². The Kier molecular flexibility index (Phi) is 2.49. The molecule has 0 aliphatic heterocycles. The number of benzene rings is 1. The van der Waals surface area contributed by atoms with Crippen LogP contribution in [0, 0.1) is 0 Å². The summed E-state index contributed by atoms with van der Waals surface area (Å²) in [5.41, 5.74) is 11.7. The van der Waals surface area contributed by atoms with E-state index in [-0.39, 0.29) is 12.2 Å². The van der Waals surface area contributed by atoms with E-state index in [1.807, 2.05) is 12.1 Å². The minimum atomic E-state index is -0.864. The summed E-state index contributed by atoms with van der Waals surface area (Å²) in [6.45, 7) is 0.0815. The zero-order chi connectivity index (χ0) is 11.7. The van der Waals surface area contributed by atoms with Crippen LogP contribution in [0.1, 0.15) is 0 Å². The van der Waals surface area contributed by atoms with Crippen LogP contribution in [-0.2, 0) is 11.3 Å². The van der Waals surface area contributed by atoms with E-state index in [0.29, 0.717) is 11.0 Å². The van der Waals surface area contributed by atoms with Crippen molar-refractivity contribution in [3.8, 4) is 0 Å². The SMILES string of the molecule is NC(=O)C(N)Cn1c(=O)[nH]c2ccccc21. The second kappa shape index (κ2) is 3.82. The van der Waals surface area contributed by atoms with Crippen molar-refractivity contribution < 1.29 is 4.79 Å². The fraction of sp³-hybridized carbons (Fsp3) is 0.200. The van der Waals surface area contributed by atoms with E-state index in [4.69, 9.17) is 11.5 Å². The van der Waals surface area contributed by atoms with E-state index in [1.165, 1.54) is 4.57 Å². The summed E-state index contributed by atoms with van der Waals surface area (Å²) in [6, 6.07) is 6.32. The molecule has 5 N–H and O–H groups in total. The van der Waals surface area contributed by atoms with E-state index in [1.54, 1.807) is 12.1 Å². The number of aromatic nitrogens is 2. The van der Waals surface area contributed by atoms with Crippen molar-refractivity contribution in [3.63, 3.8) is 0 Å². The summed E-state index contributed by atoms with van der Waals surface area (Å²) in [6.07, 6.45) is 0. The monoisotopic (exact) mass is 220 g/mol. The number of carbonyl (C=O) groups excluding carboxylic acids is 1. The third-order valence-electron chi connectivity index (χ3n) is 2.43. The van der Waals surface area contributed by atoms with Crippen LogP contribution in [0.15, 0.2) is 29.1 Å². The maximum absolute atomic E-state index is 11.6. The zero-order valence-electron chi connectivity index (χ0n) is 8.51. The van der Waals surface area contributed by atoms with Crippen LogP contribution in [0.2, 0.25) is 0 Å². The Labute approximate surface area is 90.8 Å². The van der Waals surface area contributed by atoms with Crippen molar-refractivity contribution in [2.24, 2.45) is 11.5 Å². The van der Waals surface area contributed by atoms with Gasteiger partial charge in [-0.2, -0.15) is 0 Å². The van der Waals surface area contributed by atoms with E-state index < -0.39 is 11.9 Å². The molecule has 2 rings (SSSR count). The number of H-pyrrole nitrogens is 1. The van der Waals surface area contributed by atoms with Gasteiger partial charge in [0.2, 0.25) is 5.91 Å². The number of rotatable bonds is 3. The predicted octanol–water partition coefficient (Wildman–Crippen LogP) is -0.858. The van der Waals surface area contributed by atoms with Gasteiger partial charge in [0.25, 0.3) is 0 Å². The number of aromatic amines is 1. The molecule has 0 fully saturated rings. The number of hydrogen-bond donors (Lipinski definition) is 3. The quantitative estimate of drug-likeness (QED) is 0.626. The van der Waals surface area contributed by atoms with E-state index in [0.717, 1.165) is 0 Å². The van der Waals surface area contributed by atoms with Gasteiger partial charge in [0, 0.05) is 0 Å². The highest BCUT2D eigenvalue weighted by Gasteiger charge is 2.13. The molecule has 1 unspecified atom stereocenters. The summed E-state index contributed by atoms with van der Waals surface area (Å²) in [7, 11) is 0. The van der Waals surface area contributed by atoms with Crippen LogP contribution in [-0.4, -0.2) is 21.5 Å². The first-order valence-corrected chi connectivity index (χ1v) is 4.82. The van der Waals surface area contributed by atoms with Crippen molar-refractivity contribution in [2.75, 3.05) is 0 Å². The molecule has 84 valence electrons. The first-order valence-electron chi connectivity index (χ1n) is 4.82. The Morgan fingerprint density at radius 2 is 2.12 bits per heavy atom. The predicted molar refractivity (Wildman–Crippen MR) is 59.7 cm³/mol. The number of fused-ring (bicyclic) bond motifs is 1. The van der Waals surface area contributed by atoms with Gasteiger partial charge in [-0.05, 0) is 12.1 Å². The Morgan fingerprint density at radius 1 is 1.44 bits per heavy atom. The van der Waals surface area contributed by atoms with Gasteiger partial charge in [-0.3, -0.25) is 9.36 Å². The van der Waals surface area contributed by atoms with Crippen molar-refractivity contribution >= 4 is 16.9 Å². The molecule has 6 nitrogen and oxygen atoms in total. The number of primary amides is 1. The van der Waals surface area contributed by atoms with Gasteiger partial charge >= 0.3 is 5.69 Å². The molecular formula is C10H12N4O2. The molecule has 6 heteroatoms. The van der Waals surface area contributed by atoms with Crippen LogP contribution in [0.5, 0.6) is 0 Å². The van der Waals surface area contributed by atoms with Gasteiger partial charge in [-0.1, -0.05) is 12.1 Å². The van der Waals surface area contributed by atoms with Gasteiger partial charge in [-0.25, -0.2) is 4.79 Å². The summed E-state index contributed by atoms with van der Waals surface area (Å²) in [5, 5.41) is 0. The summed E-state index contributed by atoms with van der Waals surface area (Å²) in [4.78, 5) is 25.1. The molecule has 1 heterocycles. The fourth-order valence-electron chi connectivity index (χ4n) is 1.57. The molecule has 1 aromatic heterocycles. The highest BCUT2D eigenvalue weighted by molar-refractivity contribution is 5.80. The van der Waals surface area contributed by atoms with E-state index in [2.05, 4.69) is 4.98 Å². The minimum Gasteiger partial charge on any atom is -0.368 e. The normalized spacial score (nSPS) is 12.8. The van der Waals surface area contributed by atoms with Crippen LogP contribution >= 0.6 is 0 Å². The molecule has 1 atom stereocenters. The van der Waals surface area contributed by atoms with Crippen molar-refractivity contribution in [3.05, 3.63) is 34.7 Å². The number of carbonyl (C=O) groups is 1. The standard InChI is InChI=1S/C10H12N4O2/c11-6(9(12)15)5-14-8-4-2-1-3-7(8)13-10(14)16/h1-4,6H,5,11H2,(H2,12,15)(H,13,16).